The summed E-state index contributed by atoms with van der Waals surface area (Å²) in [7, 11) is 0. The van der Waals surface area contributed by atoms with Gasteiger partial charge in [-0.3, -0.25) is 4.79 Å². The second-order valence-corrected chi connectivity index (χ2v) is 7.78. The number of rotatable bonds is 7. The molecule has 0 aliphatic carbocycles. The van der Waals surface area contributed by atoms with Crippen molar-refractivity contribution >= 4 is 29.3 Å². The smallest absolute Gasteiger partial charge is 0.274 e. The predicted octanol–water partition coefficient (Wildman–Crippen LogP) is 4.07. The monoisotopic (exact) mass is 454 g/mol. The van der Waals surface area contributed by atoms with Crippen LogP contribution >= 0.6 is 23.4 Å². The Hall–Kier alpha value is -3.30. The maximum Gasteiger partial charge on any atom is 0.274 e. The molecule has 4 aromatic rings. The summed E-state index contributed by atoms with van der Waals surface area (Å²) in [5.41, 5.74) is 2.23. The summed E-state index contributed by atoms with van der Waals surface area (Å²) < 4.78 is 14.9. The molecular weight excluding hydrogens is 439 g/mol. The van der Waals surface area contributed by atoms with Gasteiger partial charge in [0.15, 0.2) is 10.9 Å². The van der Waals surface area contributed by atoms with Crippen LogP contribution in [-0.2, 0) is 12.3 Å². The molecule has 4 rings (SSSR count). The summed E-state index contributed by atoms with van der Waals surface area (Å²) in [6.07, 6.45) is 3.29. The van der Waals surface area contributed by atoms with Gasteiger partial charge in [0.1, 0.15) is 5.82 Å². The van der Waals surface area contributed by atoms with E-state index >= 15 is 0 Å². The standard InChI is InChI=1S/C21H16ClFN6OS/c22-15-4-2-14(3-5-15)12-26-20(30)19-18(13-31-21-24-10-1-11-25-21)29(28-27-19)17-8-6-16(23)7-9-17/h1-11H,12-13H2,(H,26,30). The first-order valence-corrected chi connectivity index (χ1v) is 10.6. The van der Waals surface area contributed by atoms with Gasteiger partial charge in [-0.1, -0.05) is 40.7 Å². The van der Waals surface area contributed by atoms with E-state index in [0.29, 0.717) is 33.9 Å². The van der Waals surface area contributed by atoms with Gasteiger partial charge < -0.3 is 5.32 Å². The highest BCUT2D eigenvalue weighted by Gasteiger charge is 2.21. The van der Waals surface area contributed by atoms with Crippen molar-refractivity contribution in [2.24, 2.45) is 0 Å². The Kier molecular flexibility index (Phi) is 6.54. The summed E-state index contributed by atoms with van der Waals surface area (Å²) in [5, 5.41) is 12.2. The van der Waals surface area contributed by atoms with Crippen molar-refractivity contribution < 1.29 is 9.18 Å². The van der Waals surface area contributed by atoms with Crippen molar-refractivity contribution in [2.75, 3.05) is 0 Å². The molecule has 0 spiro atoms. The number of benzene rings is 2. The molecule has 1 amide bonds. The molecule has 156 valence electrons. The minimum absolute atomic E-state index is 0.182. The van der Waals surface area contributed by atoms with Crippen molar-refractivity contribution in [1.82, 2.24) is 30.3 Å². The van der Waals surface area contributed by atoms with Gasteiger partial charge in [0.05, 0.1) is 11.4 Å². The lowest BCUT2D eigenvalue weighted by Gasteiger charge is -2.08. The lowest BCUT2D eigenvalue weighted by Crippen LogP contribution is -2.24. The van der Waals surface area contributed by atoms with Crippen molar-refractivity contribution in [3.63, 3.8) is 0 Å². The van der Waals surface area contributed by atoms with Crippen LogP contribution in [0.15, 0.2) is 72.1 Å². The fourth-order valence-corrected chi connectivity index (χ4v) is 3.68. The van der Waals surface area contributed by atoms with Crippen LogP contribution in [0.5, 0.6) is 0 Å². The second-order valence-electron chi connectivity index (χ2n) is 6.40. The number of amides is 1. The minimum atomic E-state index is -0.368. The topological polar surface area (TPSA) is 85.6 Å². The number of carbonyl (C=O) groups is 1. The molecule has 2 aromatic carbocycles. The first-order chi connectivity index (χ1) is 15.1. The van der Waals surface area contributed by atoms with Gasteiger partial charge in [-0.2, -0.15) is 0 Å². The molecule has 0 unspecified atom stereocenters. The molecule has 0 fully saturated rings. The lowest BCUT2D eigenvalue weighted by atomic mass is 10.2. The highest BCUT2D eigenvalue weighted by molar-refractivity contribution is 7.98. The second kappa shape index (κ2) is 9.67. The highest BCUT2D eigenvalue weighted by Crippen LogP contribution is 2.23. The van der Waals surface area contributed by atoms with E-state index in [2.05, 4.69) is 25.6 Å². The Morgan fingerprint density at radius 3 is 2.48 bits per heavy atom. The van der Waals surface area contributed by atoms with Crippen LogP contribution in [0.1, 0.15) is 21.7 Å². The Morgan fingerprint density at radius 1 is 1.06 bits per heavy atom. The molecular formula is C21H16ClFN6OS. The van der Waals surface area contributed by atoms with Gasteiger partial charge in [-0.05, 0) is 48.0 Å². The fourth-order valence-electron chi connectivity index (χ4n) is 2.76. The van der Waals surface area contributed by atoms with Crippen molar-refractivity contribution in [2.45, 2.75) is 17.5 Å². The quantitative estimate of drug-likeness (QED) is 0.334. The van der Waals surface area contributed by atoms with E-state index < -0.39 is 0 Å². The zero-order valence-corrected chi connectivity index (χ0v) is 17.6. The normalized spacial score (nSPS) is 10.8. The lowest BCUT2D eigenvalue weighted by molar-refractivity contribution is 0.0945. The molecule has 0 aliphatic heterocycles. The summed E-state index contributed by atoms with van der Waals surface area (Å²) in [6, 6.07) is 14.7. The third-order valence-electron chi connectivity index (χ3n) is 4.30. The van der Waals surface area contributed by atoms with Crippen LogP contribution in [0.4, 0.5) is 4.39 Å². The SMILES string of the molecule is O=C(NCc1ccc(Cl)cc1)c1nnn(-c2ccc(F)cc2)c1CSc1ncccn1. The van der Waals surface area contributed by atoms with Crippen LogP contribution in [0, 0.1) is 5.82 Å². The summed E-state index contributed by atoms with van der Waals surface area (Å²) >= 11 is 7.25. The van der Waals surface area contributed by atoms with Gasteiger partial charge in [-0.15, -0.1) is 5.10 Å². The molecule has 0 bridgehead atoms. The number of hydrogen-bond acceptors (Lipinski definition) is 6. The third kappa shape index (κ3) is 5.25. The highest BCUT2D eigenvalue weighted by atomic mass is 35.5. The van der Waals surface area contributed by atoms with Gasteiger partial charge in [0.25, 0.3) is 5.91 Å². The maximum absolute atomic E-state index is 13.4. The van der Waals surface area contributed by atoms with Crippen LogP contribution in [0.3, 0.4) is 0 Å². The number of nitrogens with zero attached hydrogens (tertiary/aromatic N) is 5. The van der Waals surface area contributed by atoms with Crippen molar-refractivity contribution in [3.8, 4) is 5.69 Å². The van der Waals surface area contributed by atoms with Crippen LogP contribution < -0.4 is 5.32 Å². The zero-order chi connectivity index (χ0) is 21.6. The number of nitrogens with one attached hydrogen (secondary N) is 1. The van der Waals surface area contributed by atoms with E-state index in [1.807, 2.05) is 12.1 Å². The number of carbonyl (C=O) groups excluding carboxylic acids is 1. The first kappa shape index (κ1) is 21.0. The summed E-state index contributed by atoms with van der Waals surface area (Å²) in [4.78, 5) is 21.2. The van der Waals surface area contributed by atoms with Gasteiger partial charge in [0.2, 0.25) is 0 Å². The average Bonchev–Trinajstić information content (AvgIpc) is 3.22. The third-order valence-corrected chi connectivity index (χ3v) is 5.43. The Labute approximate surface area is 186 Å². The Balaban J connectivity index is 1.58. The molecule has 2 heterocycles. The zero-order valence-electron chi connectivity index (χ0n) is 16.1. The maximum atomic E-state index is 13.4. The van der Waals surface area contributed by atoms with Gasteiger partial charge >= 0.3 is 0 Å². The largest absolute Gasteiger partial charge is 0.347 e. The predicted molar refractivity (Wildman–Crippen MR) is 116 cm³/mol. The van der Waals surface area contributed by atoms with E-state index in [1.54, 1.807) is 42.7 Å². The van der Waals surface area contributed by atoms with E-state index in [0.717, 1.165) is 5.56 Å². The van der Waals surface area contributed by atoms with E-state index in [-0.39, 0.29) is 17.4 Å². The van der Waals surface area contributed by atoms with E-state index in [9.17, 15) is 9.18 Å². The molecule has 2 aromatic heterocycles. The van der Waals surface area contributed by atoms with E-state index in [1.165, 1.54) is 28.6 Å². The van der Waals surface area contributed by atoms with Gasteiger partial charge in [-0.25, -0.2) is 19.0 Å². The van der Waals surface area contributed by atoms with Crippen molar-refractivity contribution in [3.05, 3.63) is 94.8 Å². The van der Waals surface area contributed by atoms with Gasteiger partial charge in [0, 0.05) is 29.7 Å². The Bertz CT molecular complexity index is 1170. The van der Waals surface area contributed by atoms with Crippen LogP contribution in [0.2, 0.25) is 5.02 Å². The molecule has 0 radical (unpaired) electrons. The fraction of sp³-hybridized carbons (Fsp3) is 0.0952. The molecule has 0 atom stereocenters. The molecule has 0 saturated carbocycles. The van der Waals surface area contributed by atoms with Crippen molar-refractivity contribution in [1.29, 1.82) is 0 Å². The summed E-state index contributed by atoms with van der Waals surface area (Å²) in [6.45, 7) is 0.313. The minimum Gasteiger partial charge on any atom is -0.347 e. The number of thioether (sulfide) groups is 1. The van der Waals surface area contributed by atoms with E-state index in [4.69, 9.17) is 11.6 Å². The first-order valence-electron chi connectivity index (χ1n) is 9.23. The number of aromatic nitrogens is 5. The number of hydrogen-bond donors (Lipinski definition) is 1. The molecule has 31 heavy (non-hydrogen) atoms. The van der Waals surface area contributed by atoms with Crippen LogP contribution in [0.25, 0.3) is 5.69 Å². The van der Waals surface area contributed by atoms with Crippen LogP contribution in [-0.4, -0.2) is 30.9 Å². The molecule has 10 heteroatoms. The Morgan fingerprint density at radius 2 is 1.77 bits per heavy atom. The molecule has 0 saturated heterocycles. The average molecular weight is 455 g/mol. The molecule has 7 nitrogen and oxygen atoms in total. The summed E-state index contributed by atoms with van der Waals surface area (Å²) in [5.74, 6) is -0.385. The number of halogens is 2. The molecule has 1 N–H and O–H groups in total. The molecule has 0 aliphatic rings.